The molecule has 1 aromatic rings. The first-order chi connectivity index (χ1) is 8.21. The number of nitrogens with one attached hydrogen (secondary N) is 1. The third kappa shape index (κ3) is 4.08. The molecule has 98 valence electrons. The van der Waals surface area contributed by atoms with Crippen LogP contribution >= 0.6 is 34.8 Å². The first-order valence-corrected chi connectivity index (χ1v) is 5.54. The van der Waals surface area contributed by atoms with Crippen molar-refractivity contribution in [2.24, 2.45) is 0 Å². The van der Waals surface area contributed by atoms with Crippen molar-refractivity contribution in [2.45, 2.75) is 6.18 Å². The van der Waals surface area contributed by atoms with Gasteiger partial charge in [-0.25, -0.2) is 0 Å². The van der Waals surface area contributed by atoms with E-state index >= 15 is 0 Å². The fraction of sp³-hybridized carbons (Fsp3) is 0.100. The molecule has 1 N–H and O–H groups in total. The molecule has 0 fully saturated rings. The molecular weight excluding hydrogens is 313 g/mol. The number of carbonyl (C=O) groups excluding carboxylic acids is 1. The molecule has 0 heterocycles. The summed E-state index contributed by atoms with van der Waals surface area (Å²) < 4.78 is 36.7. The molecule has 1 amide bonds. The molecule has 8 heteroatoms. The highest BCUT2D eigenvalue weighted by Crippen LogP contribution is 2.31. The van der Waals surface area contributed by atoms with E-state index in [9.17, 15) is 18.0 Å². The number of alkyl halides is 3. The normalized spacial score (nSPS) is 11.0. The molecule has 0 bridgehead atoms. The number of halogens is 6. The molecule has 18 heavy (non-hydrogen) atoms. The highest BCUT2D eigenvalue weighted by atomic mass is 35.5. The summed E-state index contributed by atoms with van der Waals surface area (Å²) in [6.45, 7) is 0. The molecule has 0 aliphatic rings. The van der Waals surface area contributed by atoms with Gasteiger partial charge in [-0.15, -0.1) is 0 Å². The predicted molar refractivity (Wildman–Crippen MR) is 64.7 cm³/mol. The summed E-state index contributed by atoms with van der Waals surface area (Å²) >= 11 is 16.0. The van der Waals surface area contributed by atoms with Gasteiger partial charge in [0.05, 0.1) is 5.56 Å². The number of anilines is 1. The second-order valence-corrected chi connectivity index (χ2v) is 4.43. The van der Waals surface area contributed by atoms with Crippen molar-refractivity contribution >= 4 is 46.4 Å². The summed E-state index contributed by atoms with van der Waals surface area (Å²) in [4.78, 5) is 11.4. The Morgan fingerprint density at radius 2 is 1.78 bits per heavy atom. The molecule has 0 aliphatic carbocycles. The molecule has 1 rings (SSSR count). The summed E-state index contributed by atoms with van der Waals surface area (Å²) in [5.41, 5.74) is -0.958. The van der Waals surface area contributed by atoms with E-state index in [4.69, 9.17) is 34.8 Å². The van der Waals surface area contributed by atoms with Crippen LogP contribution in [-0.4, -0.2) is 5.91 Å². The van der Waals surface area contributed by atoms with Crippen LogP contribution in [0.5, 0.6) is 0 Å². The minimum atomic E-state index is -4.50. The van der Waals surface area contributed by atoms with Gasteiger partial charge >= 0.3 is 6.18 Å². The number of hydrogen-bond acceptors (Lipinski definition) is 1. The summed E-state index contributed by atoms with van der Waals surface area (Å²) in [6, 6.07) is 4.07. The van der Waals surface area contributed by atoms with E-state index < -0.39 is 27.2 Å². The van der Waals surface area contributed by atoms with Crippen LogP contribution in [0.2, 0.25) is 0 Å². The number of benzene rings is 1. The van der Waals surface area contributed by atoms with E-state index in [0.717, 1.165) is 18.2 Å². The maximum absolute atomic E-state index is 12.4. The number of hydrogen-bond donors (Lipinski definition) is 1. The fourth-order valence-electron chi connectivity index (χ4n) is 1.05. The van der Waals surface area contributed by atoms with Crippen molar-refractivity contribution < 1.29 is 18.0 Å². The Bertz CT molecular complexity index is 495. The van der Waals surface area contributed by atoms with Crippen LogP contribution in [0.3, 0.4) is 0 Å². The van der Waals surface area contributed by atoms with Crippen LogP contribution in [-0.2, 0) is 11.0 Å². The van der Waals surface area contributed by atoms with Gasteiger partial charge in [-0.1, -0.05) is 40.9 Å². The smallest absolute Gasteiger partial charge is 0.321 e. The first-order valence-electron chi connectivity index (χ1n) is 4.41. The Labute approximate surface area is 115 Å². The highest BCUT2D eigenvalue weighted by Gasteiger charge is 2.30. The van der Waals surface area contributed by atoms with Crippen LogP contribution in [0.1, 0.15) is 5.56 Å². The van der Waals surface area contributed by atoms with Gasteiger partial charge in [-0.05, 0) is 18.2 Å². The summed E-state index contributed by atoms with van der Waals surface area (Å²) in [7, 11) is 0. The van der Waals surface area contributed by atoms with Gasteiger partial charge in [0.15, 0.2) is 0 Å². The summed E-state index contributed by atoms with van der Waals surface area (Å²) in [5.74, 6) is -0.893. The van der Waals surface area contributed by atoms with Gasteiger partial charge < -0.3 is 5.32 Å². The van der Waals surface area contributed by atoms with E-state index in [1.807, 2.05) is 0 Å². The average Bonchev–Trinajstić information content (AvgIpc) is 2.27. The molecule has 0 spiro atoms. The molecule has 0 atom stereocenters. The lowest BCUT2D eigenvalue weighted by Gasteiger charge is -2.09. The van der Waals surface area contributed by atoms with E-state index in [1.54, 1.807) is 0 Å². The Morgan fingerprint density at radius 1 is 1.17 bits per heavy atom. The molecule has 2 nitrogen and oxygen atoms in total. The first kappa shape index (κ1) is 15.1. The van der Waals surface area contributed by atoms with Crippen molar-refractivity contribution in [1.82, 2.24) is 0 Å². The molecule has 0 radical (unpaired) electrons. The zero-order valence-electron chi connectivity index (χ0n) is 8.49. The third-order valence-electron chi connectivity index (χ3n) is 1.81. The van der Waals surface area contributed by atoms with Crippen molar-refractivity contribution in [3.63, 3.8) is 0 Å². The van der Waals surface area contributed by atoms with E-state index in [0.29, 0.717) is 0 Å². The minimum Gasteiger partial charge on any atom is -0.321 e. The molecule has 0 saturated carbocycles. The van der Waals surface area contributed by atoms with Gasteiger partial charge in [0, 0.05) is 5.69 Å². The number of amides is 1. The highest BCUT2D eigenvalue weighted by molar-refractivity contribution is 6.63. The van der Waals surface area contributed by atoms with Crippen molar-refractivity contribution in [3.05, 3.63) is 39.4 Å². The van der Waals surface area contributed by atoms with E-state index in [1.165, 1.54) is 6.07 Å². The van der Waals surface area contributed by atoms with Gasteiger partial charge in [0.1, 0.15) is 9.52 Å². The topological polar surface area (TPSA) is 29.1 Å². The van der Waals surface area contributed by atoms with Gasteiger partial charge in [-0.2, -0.15) is 13.2 Å². The molecule has 0 unspecified atom stereocenters. The lowest BCUT2D eigenvalue weighted by molar-refractivity contribution is -0.137. The molecule has 0 aromatic heterocycles. The second kappa shape index (κ2) is 5.82. The Hall–Kier alpha value is -0.910. The summed E-state index contributed by atoms with van der Waals surface area (Å²) in [5, 5.41) is 1.63. The minimum absolute atomic E-state index is 0.0671. The Kier molecular flexibility index (Phi) is 4.90. The average molecular weight is 319 g/mol. The van der Waals surface area contributed by atoms with E-state index in [2.05, 4.69) is 5.32 Å². The van der Waals surface area contributed by atoms with Crippen LogP contribution in [0, 0.1) is 0 Å². The molecule has 0 aliphatic heterocycles. The maximum atomic E-state index is 12.4. The SMILES string of the molecule is O=C(Nc1cccc(C(F)(F)F)c1)C(Cl)=C(Cl)Cl. The zero-order valence-corrected chi connectivity index (χ0v) is 10.8. The van der Waals surface area contributed by atoms with Gasteiger partial charge in [0.2, 0.25) is 0 Å². The van der Waals surface area contributed by atoms with Gasteiger partial charge in [-0.3, -0.25) is 4.79 Å². The number of carbonyl (C=O) groups is 1. The quantitative estimate of drug-likeness (QED) is 0.798. The predicted octanol–water partition coefficient (Wildman–Crippen LogP) is 4.53. The fourth-order valence-corrected chi connectivity index (χ4v) is 1.26. The van der Waals surface area contributed by atoms with E-state index in [-0.39, 0.29) is 5.69 Å². The second-order valence-electron chi connectivity index (χ2n) is 3.11. The standard InChI is InChI=1S/C10H5Cl3F3NO/c11-7(8(12)13)9(18)17-6-3-1-2-5(4-6)10(14,15)16/h1-4H,(H,17,18). The monoisotopic (exact) mass is 317 g/mol. The lowest BCUT2D eigenvalue weighted by Crippen LogP contribution is -2.13. The van der Waals surface area contributed by atoms with Crippen LogP contribution in [0.25, 0.3) is 0 Å². The lowest BCUT2D eigenvalue weighted by atomic mass is 10.2. The maximum Gasteiger partial charge on any atom is 0.416 e. The van der Waals surface area contributed by atoms with Crippen molar-refractivity contribution in [3.8, 4) is 0 Å². The molecule has 0 saturated heterocycles. The van der Waals surface area contributed by atoms with Gasteiger partial charge in [0.25, 0.3) is 5.91 Å². The Balaban J connectivity index is 2.94. The van der Waals surface area contributed by atoms with Crippen LogP contribution < -0.4 is 5.32 Å². The van der Waals surface area contributed by atoms with Crippen molar-refractivity contribution in [1.29, 1.82) is 0 Å². The molecular formula is C10H5Cl3F3NO. The Morgan fingerprint density at radius 3 is 2.28 bits per heavy atom. The van der Waals surface area contributed by atoms with Crippen LogP contribution in [0.4, 0.5) is 18.9 Å². The number of rotatable bonds is 2. The van der Waals surface area contributed by atoms with Crippen molar-refractivity contribution in [2.75, 3.05) is 5.32 Å². The molecule has 1 aromatic carbocycles. The van der Waals surface area contributed by atoms with Crippen LogP contribution in [0.15, 0.2) is 33.8 Å². The zero-order chi connectivity index (χ0) is 13.9. The largest absolute Gasteiger partial charge is 0.416 e. The third-order valence-corrected chi connectivity index (χ3v) is 2.75. The summed E-state index contributed by atoms with van der Waals surface area (Å²) in [6.07, 6.45) is -4.50.